The summed E-state index contributed by atoms with van der Waals surface area (Å²) < 4.78 is 4.84. The molecule has 116 valence electrons. The maximum absolute atomic E-state index is 11.9. The third-order valence-corrected chi connectivity index (χ3v) is 4.11. The molecule has 1 aliphatic heterocycles. The van der Waals surface area contributed by atoms with E-state index in [0.717, 1.165) is 12.8 Å². The van der Waals surface area contributed by atoms with Gasteiger partial charge in [0.25, 0.3) is 0 Å². The number of amides is 2. The van der Waals surface area contributed by atoms with Crippen LogP contribution >= 0.6 is 11.3 Å². The fraction of sp³-hybridized carbons (Fsp3) is 0.615. The Morgan fingerprint density at radius 1 is 1.52 bits per heavy atom. The van der Waals surface area contributed by atoms with Crippen molar-refractivity contribution in [3.05, 3.63) is 11.1 Å². The molecule has 2 amide bonds. The highest BCUT2D eigenvalue weighted by atomic mass is 32.1. The Labute approximate surface area is 127 Å². The van der Waals surface area contributed by atoms with Crippen LogP contribution in [0.4, 0.5) is 5.13 Å². The molecule has 0 saturated carbocycles. The molecule has 2 rings (SSSR count). The number of ether oxygens (including phenoxy) is 1. The predicted molar refractivity (Wildman–Crippen MR) is 79.9 cm³/mol. The van der Waals surface area contributed by atoms with Crippen LogP contribution in [0.5, 0.6) is 0 Å². The third kappa shape index (κ3) is 4.68. The fourth-order valence-corrected chi connectivity index (χ4v) is 2.90. The Balaban J connectivity index is 1.73. The smallest absolute Gasteiger partial charge is 0.248 e. The lowest BCUT2D eigenvalue weighted by Crippen LogP contribution is -2.47. The average Bonchev–Trinajstić information content (AvgIpc) is 2.85. The van der Waals surface area contributed by atoms with Gasteiger partial charge in [-0.2, -0.15) is 0 Å². The number of nitrogens with two attached hydrogens (primary N) is 1. The lowest BCUT2D eigenvalue weighted by molar-refractivity contribution is -0.136. The van der Waals surface area contributed by atoms with E-state index in [1.807, 2.05) is 0 Å². The molecule has 3 N–H and O–H groups in total. The summed E-state index contributed by atoms with van der Waals surface area (Å²) in [4.78, 5) is 29.4. The van der Waals surface area contributed by atoms with Gasteiger partial charge in [-0.05, 0) is 12.8 Å². The van der Waals surface area contributed by atoms with Crippen LogP contribution < -0.4 is 11.1 Å². The zero-order valence-corrected chi connectivity index (χ0v) is 12.8. The minimum absolute atomic E-state index is 0.000208. The number of methoxy groups -OCH3 is 1. The quantitative estimate of drug-likeness (QED) is 0.799. The van der Waals surface area contributed by atoms with Crippen LogP contribution in [0.25, 0.3) is 0 Å². The van der Waals surface area contributed by atoms with Gasteiger partial charge in [-0.25, -0.2) is 4.98 Å². The standard InChI is InChI=1S/C13H20N4O3S/c1-20-7-12(19)17-4-2-9(3-5-17)15-11(18)6-10-8-21-13(14)16-10/h8-9H,2-7H2,1H3,(H2,14,16)(H,15,18). The second-order valence-electron chi connectivity index (χ2n) is 5.01. The molecule has 1 fully saturated rings. The molecule has 1 saturated heterocycles. The van der Waals surface area contributed by atoms with Crippen LogP contribution in [0.15, 0.2) is 5.38 Å². The molecule has 0 aromatic carbocycles. The van der Waals surface area contributed by atoms with Crippen LogP contribution in [-0.4, -0.2) is 54.5 Å². The van der Waals surface area contributed by atoms with Crippen molar-refractivity contribution in [2.45, 2.75) is 25.3 Å². The highest BCUT2D eigenvalue weighted by Gasteiger charge is 2.23. The van der Waals surface area contributed by atoms with E-state index in [1.54, 1.807) is 10.3 Å². The maximum Gasteiger partial charge on any atom is 0.248 e. The number of nitrogens with zero attached hydrogens (tertiary/aromatic N) is 2. The van der Waals surface area contributed by atoms with Crippen LogP contribution in [0.2, 0.25) is 0 Å². The van der Waals surface area contributed by atoms with E-state index in [0.29, 0.717) is 23.9 Å². The summed E-state index contributed by atoms with van der Waals surface area (Å²) in [6, 6.07) is 0.111. The van der Waals surface area contributed by atoms with E-state index in [2.05, 4.69) is 10.3 Å². The monoisotopic (exact) mass is 312 g/mol. The van der Waals surface area contributed by atoms with E-state index >= 15 is 0 Å². The van der Waals surface area contributed by atoms with Crippen molar-refractivity contribution in [1.82, 2.24) is 15.2 Å². The second kappa shape index (κ2) is 7.37. The Kier molecular flexibility index (Phi) is 5.51. The molecule has 0 spiro atoms. The topological polar surface area (TPSA) is 97.5 Å². The van der Waals surface area contributed by atoms with E-state index in [-0.39, 0.29) is 30.9 Å². The van der Waals surface area contributed by atoms with Crippen molar-refractivity contribution in [2.24, 2.45) is 0 Å². The number of carbonyl (C=O) groups is 2. The van der Waals surface area contributed by atoms with E-state index in [1.165, 1.54) is 18.4 Å². The third-order valence-electron chi connectivity index (χ3n) is 3.39. The molecule has 1 aliphatic rings. The molecule has 1 aromatic rings. The zero-order valence-electron chi connectivity index (χ0n) is 12.0. The first-order chi connectivity index (χ1) is 10.1. The highest BCUT2D eigenvalue weighted by Crippen LogP contribution is 2.13. The van der Waals surface area contributed by atoms with Gasteiger partial charge >= 0.3 is 0 Å². The summed E-state index contributed by atoms with van der Waals surface area (Å²) in [7, 11) is 1.51. The largest absolute Gasteiger partial charge is 0.375 e. The van der Waals surface area contributed by atoms with Gasteiger partial charge in [-0.1, -0.05) is 0 Å². The number of rotatable bonds is 5. The lowest BCUT2D eigenvalue weighted by Gasteiger charge is -2.32. The Morgan fingerprint density at radius 3 is 2.81 bits per heavy atom. The van der Waals surface area contributed by atoms with Crippen molar-refractivity contribution in [1.29, 1.82) is 0 Å². The summed E-state index contributed by atoms with van der Waals surface area (Å²) in [6.45, 7) is 1.41. The molecule has 8 heteroatoms. The molecule has 0 atom stereocenters. The fourth-order valence-electron chi connectivity index (χ4n) is 2.34. The van der Waals surface area contributed by atoms with Crippen molar-refractivity contribution < 1.29 is 14.3 Å². The van der Waals surface area contributed by atoms with Crippen molar-refractivity contribution >= 4 is 28.3 Å². The molecule has 0 radical (unpaired) electrons. The molecular weight excluding hydrogens is 292 g/mol. The number of nitrogens with one attached hydrogen (secondary N) is 1. The summed E-state index contributed by atoms with van der Waals surface area (Å²) in [5, 5.41) is 5.25. The number of nitrogen functional groups attached to an aromatic ring is 1. The number of anilines is 1. The van der Waals surface area contributed by atoms with Gasteiger partial charge < -0.3 is 20.7 Å². The van der Waals surface area contributed by atoms with Gasteiger partial charge in [0.15, 0.2) is 5.13 Å². The summed E-state index contributed by atoms with van der Waals surface area (Å²) in [5.41, 5.74) is 6.23. The predicted octanol–water partition coefficient (Wildman–Crippen LogP) is 0.0214. The molecular formula is C13H20N4O3S. The van der Waals surface area contributed by atoms with E-state index in [4.69, 9.17) is 10.5 Å². The number of likely N-dealkylation sites (tertiary alicyclic amines) is 1. The van der Waals surface area contributed by atoms with Gasteiger partial charge in [-0.3, -0.25) is 9.59 Å². The number of aromatic nitrogens is 1. The van der Waals surface area contributed by atoms with Crippen molar-refractivity contribution in [3.8, 4) is 0 Å². The number of piperidine rings is 1. The first kappa shape index (κ1) is 15.7. The number of hydrogen-bond acceptors (Lipinski definition) is 6. The summed E-state index contributed by atoms with van der Waals surface area (Å²) in [6.07, 6.45) is 1.78. The molecule has 7 nitrogen and oxygen atoms in total. The Morgan fingerprint density at radius 2 is 2.24 bits per heavy atom. The summed E-state index contributed by atoms with van der Waals surface area (Å²) >= 11 is 1.33. The van der Waals surface area contributed by atoms with Gasteiger partial charge in [0.2, 0.25) is 11.8 Å². The minimum atomic E-state index is -0.0537. The van der Waals surface area contributed by atoms with E-state index < -0.39 is 0 Å². The van der Waals surface area contributed by atoms with Crippen LogP contribution in [0.1, 0.15) is 18.5 Å². The Hall–Kier alpha value is -1.67. The molecule has 2 heterocycles. The normalized spacial score (nSPS) is 16.0. The first-order valence-electron chi connectivity index (χ1n) is 6.84. The minimum Gasteiger partial charge on any atom is -0.375 e. The molecule has 1 aromatic heterocycles. The summed E-state index contributed by atoms with van der Waals surface area (Å²) in [5.74, 6) is -0.0535. The van der Waals surface area contributed by atoms with Crippen LogP contribution in [0, 0.1) is 0 Å². The molecule has 0 bridgehead atoms. The lowest BCUT2D eigenvalue weighted by atomic mass is 10.0. The van der Waals surface area contributed by atoms with Crippen LogP contribution in [-0.2, 0) is 20.7 Å². The number of thiazole rings is 1. The van der Waals surface area contributed by atoms with Gasteiger partial charge in [-0.15, -0.1) is 11.3 Å². The molecule has 21 heavy (non-hydrogen) atoms. The van der Waals surface area contributed by atoms with E-state index in [9.17, 15) is 9.59 Å². The average molecular weight is 312 g/mol. The molecule has 0 aliphatic carbocycles. The second-order valence-corrected chi connectivity index (χ2v) is 5.90. The van der Waals surface area contributed by atoms with Crippen molar-refractivity contribution in [3.63, 3.8) is 0 Å². The Bertz CT molecular complexity index is 497. The molecule has 0 unspecified atom stereocenters. The van der Waals surface area contributed by atoms with Gasteiger partial charge in [0, 0.05) is 31.6 Å². The first-order valence-corrected chi connectivity index (χ1v) is 7.72. The maximum atomic E-state index is 11.9. The number of hydrogen-bond donors (Lipinski definition) is 2. The van der Waals surface area contributed by atoms with Crippen molar-refractivity contribution in [2.75, 3.05) is 32.5 Å². The zero-order chi connectivity index (χ0) is 15.2. The van der Waals surface area contributed by atoms with Gasteiger partial charge in [0.05, 0.1) is 12.1 Å². The van der Waals surface area contributed by atoms with Crippen LogP contribution in [0.3, 0.4) is 0 Å². The van der Waals surface area contributed by atoms with Gasteiger partial charge in [0.1, 0.15) is 6.61 Å². The number of carbonyl (C=O) groups excluding carboxylic acids is 2. The SMILES string of the molecule is COCC(=O)N1CCC(NC(=O)Cc2csc(N)n2)CC1. The highest BCUT2D eigenvalue weighted by molar-refractivity contribution is 7.13.